The van der Waals surface area contributed by atoms with E-state index in [0.29, 0.717) is 18.0 Å². The number of hydrogen-bond donors (Lipinski definition) is 2. The van der Waals surface area contributed by atoms with E-state index < -0.39 is 23.7 Å². The minimum absolute atomic E-state index is 0.168. The van der Waals surface area contributed by atoms with Gasteiger partial charge in [0.25, 0.3) is 5.91 Å². The number of esters is 1. The van der Waals surface area contributed by atoms with Crippen molar-refractivity contribution in [1.82, 2.24) is 10.6 Å². The molecule has 8 heteroatoms. The molecule has 0 bridgehead atoms. The normalized spacial score (nSPS) is 13.0. The van der Waals surface area contributed by atoms with Crippen LogP contribution in [-0.4, -0.2) is 42.8 Å². The Morgan fingerprint density at radius 3 is 2.11 bits per heavy atom. The summed E-state index contributed by atoms with van der Waals surface area (Å²) in [5.74, 6) is -0.173. The zero-order valence-electron chi connectivity index (χ0n) is 21.9. The van der Waals surface area contributed by atoms with Crippen molar-refractivity contribution >= 4 is 33.9 Å². The summed E-state index contributed by atoms with van der Waals surface area (Å²) in [4.78, 5) is 37.4. The smallest absolute Gasteiger partial charge is 0.408 e. The standard InChI is InChI=1S/C28H37BrN2O5/c1-7-35-26(33)24(31-27(34)36-28(4,5)6)16-19-8-10-21(11-9-19)25(32)30-17-23(18(2)3)20-12-14-22(29)15-13-20/h8-15,18,23-24H,7,16-17H2,1-6H3,(H,30,32)(H,31,34)/t23-,24+/m1/s1. The van der Waals surface area contributed by atoms with Gasteiger partial charge in [0.1, 0.15) is 11.6 Å². The highest BCUT2D eigenvalue weighted by Crippen LogP contribution is 2.25. The first-order valence-electron chi connectivity index (χ1n) is 12.2. The summed E-state index contributed by atoms with van der Waals surface area (Å²) >= 11 is 3.46. The minimum atomic E-state index is -0.905. The molecule has 2 rings (SSSR count). The van der Waals surface area contributed by atoms with Crippen molar-refractivity contribution < 1.29 is 23.9 Å². The highest BCUT2D eigenvalue weighted by atomic mass is 79.9. The van der Waals surface area contributed by atoms with Gasteiger partial charge in [-0.1, -0.05) is 54.0 Å². The van der Waals surface area contributed by atoms with Gasteiger partial charge in [0.2, 0.25) is 0 Å². The highest BCUT2D eigenvalue weighted by Gasteiger charge is 2.26. The average molecular weight is 562 g/mol. The molecule has 2 amide bonds. The van der Waals surface area contributed by atoms with Crippen molar-refractivity contribution in [2.24, 2.45) is 5.92 Å². The van der Waals surface area contributed by atoms with Gasteiger partial charge in [0.15, 0.2) is 0 Å². The number of ether oxygens (including phenoxy) is 2. The van der Waals surface area contributed by atoms with Gasteiger partial charge < -0.3 is 20.1 Å². The summed E-state index contributed by atoms with van der Waals surface area (Å²) in [5.41, 5.74) is 1.77. The molecule has 0 unspecified atom stereocenters. The molecule has 2 N–H and O–H groups in total. The van der Waals surface area contributed by atoms with Gasteiger partial charge in [-0.2, -0.15) is 0 Å². The predicted molar refractivity (Wildman–Crippen MR) is 144 cm³/mol. The molecule has 0 aliphatic rings. The fraction of sp³-hybridized carbons (Fsp3) is 0.464. The lowest BCUT2D eigenvalue weighted by molar-refractivity contribution is -0.145. The van der Waals surface area contributed by atoms with Gasteiger partial charge >= 0.3 is 12.1 Å². The van der Waals surface area contributed by atoms with E-state index in [0.717, 1.165) is 10.0 Å². The van der Waals surface area contributed by atoms with Crippen LogP contribution in [0, 0.1) is 5.92 Å². The van der Waals surface area contributed by atoms with Crippen molar-refractivity contribution in [2.45, 2.75) is 65.5 Å². The molecule has 196 valence electrons. The van der Waals surface area contributed by atoms with Crippen LogP contribution >= 0.6 is 15.9 Å². The molecule has 0 heterocycles. The summed E-state index contributed by atoms with van der Waals surface area (Å²) in [7, 11) is 0. The van der Waals surface area contributed by atoms with Crippen LogP contribution in [0.25, 0.3) is 0 Å². The minimum Gasteiger partial charge on any atom is -0.464 e. The number of carbonyl (C=O) groups is 3. The predicted octanol–water partition coefficient (Wildman–Crippen LogP) is 5.62. The Hall–Kier alpha value is -2.87. The van der Waals surface area contributed by atoms with Crippen LogP contribution in [0.4, 0.5) is 4.79 Å². The zero-order chi connectivity index (χ0) is 26.9. The van der Waals surface area contributed by atoms with E-state index in [-0.39, 0.29) is 24.9 Å². The molecule has 0 aliphatic carbocycles. The van der Waals surface area contributed by atoms with E-state index in [1.54, 1.807) is 52.0 Å². The molecule has 36 heavy (non-hydrogen) atoms. The van der Waals surface area contributed by atoms with Crippen molar-refractivity contribution in [3.63, 3.8) is 0 Å². The quantitative estimate of drug-likeness (QED) is 0.368. The Kier molecular flexibility index (Phi) is 11.0. The van der Waals surface area contributed by atoms with Crippen LogP contribution in [0.2, 0.25) is 0 Å². The van der Waals surface area contributed by atoms with Gasteiger partial charge in [-0.15, -0.1) is 0 Å². The zero-order valence-corrected chi connectivity index (χ0v) is 23.5. The van der Waals surface area contributed by atoms with Crippen LogP contribution in [-0.2, 0) is 20.7 Å². The SMILES string of the molecule is CCOC(=O)[C@H](Cc1ccc(C(=O)NC[C@@H](c2ccc(Br)cc2)C(C)C)cc1)NC(=O)OC(C)(C)C. The highest BCUT2D eigenvalue weighted by molar-refractivity contribution is 9.10. The number of hydrogen-bond acceptors (Lipinski definition) is 5. The molecule has 0 aromatic heterocycles. The lowest BCUT2D eigenvalue weighted by Crippen LogP contribution is -2.45. The fourth-order valence-corrected chi connectivity index (χ4v) is 3.93. The number of rotatable bonds is 10. The molecular formula is C28H37BrN2O5. The first-order valence-corrected chi connectivity index (χ1v) is 13.0. The fourth-order valence-electron chi connectivity index (χ4n) is 3.67. The summed E-state index contributed by atoms with van der Waals surface area (Å²) in [6, 6.07) is 14.2. The van der Waals surface area contributed by atoms with E-state index in [1.165, 1.54) is 5.56 Å². The Bertz CT molecular complexity index is 1010. The number of carbonyl (C=O) groups excluding carboxylic acids is 3. The number of amides is 2. The number of nitrogens with one attached hydrogen (secondary N) is 2. The third-order valence-corrected chi connectivity index (χ3v) is 6.03. The molecule has 7 nitrogen and oxygen atoms in total. The Morgan fingerprint density at radius 1 is 0.972 bits per heavy atom. The summed E-state index contributed by atoms with van der Waals surface area (Å²) in [6.07, 6.45) is -0.485. The van der Waals surface area contributed by atoms with E-state index in [9.17, 15) is 14.4 Å². The van der Waals surface area contributed by atoms with Crippen LogP contribution in [0.3, 0.4) is 0 Å². The molecule has 2 aromatic rings. The second-order valence-corrected chi connectivity index (χ2v) is 10.9. The van der Waals surface area contributed by atoms with Gasteiger partial charge in [-0.3, -0.25) is 4.79 Å². The van der Waals surface area contributed by atoms with Crippen molar-refractivity contribution in [3.05, 3.63) is 69.7 Å². The second-order valence-electron chi connectivity index (χ2n) is 9.96. The Labute approximate surface area is 222 Å². The Morgan fingerprint density at radius 2 is 1.58 bits per heavy atom. The van der Waals surface area contributed by atoms with E-state index in [1.807, 2.05) is 12.1 Å². The van der Waals surface area contributed by atoms with Gasteiger partial charge in [0, 0.05) is 28.9 Å². The molecular weight excluding hydrogens is 524 g/mol. The lowest BCUT2D eigenvalue weighted by Gasteiger charge is -2.23. The third-order valence-electron chi connectivity index (χ3n) is 5.50. The van der Waals surface area contributed by atoms with Gasteiger partial charge in [-0.05, 0) is 69.0 Å². The molecule has 2 atom stereocenters. The molecule has 0 aliphatic heterocycles. The van der Waals surface area contributed by atoms with Crippen LogP contribution in [0.1, 0.15) is 68.9 Å². The maximum Gasteiger partial charge on any atom is 0.408 e. The summed E-state index contributed by atoms with van der Waals surface area (Å²) in [5, 5.41) is 5.63. The topological polar surface area (TPSA) is 93.7 Å². The van der Waals surface area contributed by atoms with Crippen molar-refractivity contribution in [3.8, 4) is 0 Å². The van der Waals surface area contributed by atoms with Crippen LogP contribution in [0.15, 0.2) is 53.0 Å². The monoisotopic (exact) mass is 560 g/mol. The third kappa shape index (κ3) is 9.64. The summed E-state index contributed by atoms with van der Waals surface area (Å²) in [6.45, 7) is 11.9. The summed E-state index contributed by atoms with van der Waals surface area (Å²) < 4.78 is 11.4. The molecule has 0 saturated heterocycles. The van der Waals surface area contributed by atoms with Gasteiger partial charge in [-0.25, -0.2) is 9.59 Å². The maximum absolute atomic E-state index is 12.8. The van der Waals surface area contributed by atoms with E-state index in [4.69, 9.17) is 9.47 Å². The number of benzene rings is 2. The van der Waals surface area contributed by atoms with Crippen LogP contribution < -0.4 is 10.6 Å². The Balaban J connectivity index is 2.03. The van der Waals surface area contributed by atoms with Gasteiger partial charge in [0.05, 0.1) is 6.61 Å². The molecule has 0 spiro atoms. The van der Waals surface area contributed by atoms with Crippen molar-refractivity contribution in [2.75, 3.05) is 13.2 Å². The maximum atomic E-state index is 12.8. The largest absolute Gasteiger partial charge is 0.464 e. The molecule has 2 aromatic carbocycles. The average Bonchev–Trinajstić information content (AvgIpc) is 2.79. The number of halogens is 1. The molecule has 0 saturated carbocycles. The van der Waals surface area contributed by atoms with Crippen molar-refractivity contribution in [1.29, 1.82) is 0 Å². The lowest BCUT2D eigenvalue weighted by atomic mass is 9.88. The van der Waals surface area contributed by atoms with E-state index in [2.05, 4.69) is 52.5 Å². The first-order chi connectivity index (χ1) is 16.9. The van der Waals surface area contributed by atoms with E-state index >= 15 is 0 Å². The van der Waals surface area contributed by atoms with Crippen LogP contribution in [0.5, 0.6) is 0 Å². The first kappa shape index (κ1) is 29.4. The molecule has 0 radical (unpaired) electrons. The second kappa shape index (κ2) is 13.4. The number of alkyl carbamates (subject to hydrolysis) is 1. The molecule has 0 fully saturated rings.